The van der Waals surface area contributed by atoms with Crippen LogP contribution in [-0.4, -0.2) is 16.5 Å². The molecule has 0 saturated carbocycles. The van der Waals surface area contributed by atoms with Crippen molar-refractivity contribution in [3.8, 4) is 0 Å². The fourth-order valence-corrected chi connectivity index (χ4v) is 3.53. The van der Waals surface area contributed by atoms with Crippen molar-refractivity contribution >= 4 is 11.8 Å². The Morgan fingerprint density at radius 3 is 2.82 bits per heavy atom. The molecule has 1 aromatic heterocycles. The Morgan fingerprint density at radius 1 is 1.35 bits per heavy atom. The summed E-state index contributed by atoms with van der Waals surface area (Å²) < 4.78 is 6.19. The van der Waals surface area contributed by atoms with Crippen LogP contribution in [0.2, 0.25) is 0 Å². The molecule has 2 heterocycles. The van der Waals surface area contributed by atoms with Crippen LogP contribution in [0.5, 0.6) is 0 Å². The van der Waals surface area contributed by atoms with Gasteiger partial charge in [0.15, 0.2) is 0 Å². The predicted octanol–water partition coefficient (Wildman–Crippen LogP) is 3.97. The zero-order valence-electron chi connectivity index (χ0n) is 10.8. The Morgan fingerprint density at radius 2 is 2.18 bits per heavy atom. The van der Waals surface area contributed by atoms with Crippen molar-refractivity contribution in [3.63, 3.8) is 0 Å². The fraction of sp³-hybridized carbons (Fsp3) is 0.643. The van der Waals surface area contributed by atoms with Crippen molar-refractivity contribution in [2.45, 2.75) is 50.2 Å². The first-order valence-electron chi connectivity index (χ1n) is 6.43. The number of hydrogen-bond acceptors (Lipinski definition) is 3. The van der Waals surface area contributed by atoms with E-state index in [2.05, 4.69) is 31.8 Å². The summed E-state index contributed by atoms with van der Waals surface area (Å²) in [4.78, 5) is 4.36. The zero-order chi connectivity index (χ0) is 12.3. The smallest absolute Gasteiger partial charge is 0.112 e. The molecule has 1 aliphatic heterocycles. The van der Waals surface area contributed by atoms with E-state index in [1.165, 1.54) is 6.42 Å². The maximum Gasteiger partial charge on any atom is 0.112 e. The lowest BCUT2D eigenvalue weighted by Gasteiger charge is -2.38. The van der Waals surface area contributed by atoms with Gasteiger partial charge in [0.05, 0.1) is 11.1 Å². The highest BCUT2D eigenvalue weighted by Gasteiger charge is 2.33. The summed E-state index contributed by atoms with van der Waals surface area (Å²) in [5.74, 6) is 1.27. The van der Waals surface area contributed by atoms with Gasteiger partial charge in [0, 0.05) is 6.20 Å². The molecule has 3 heteroatoms. The lowest BCUT2D eigenvalue weighted by molar-refractivity contribution is -0.0659. The Balaban J connectivity index is 2.00. The summed E-state index contributed by atoms with van der Waals surface area (Å²) in [6, 6.07) is 6.04. The zero-order valence-corrected chi connectivity index (χ0v) is 11.6. The van der Waals surface area contributed by atoms with Crippen molar-refractivity contribution in [1.82, 2.24) is 4.98 Å². The highest BCUT2D eigenvalue weighted by molar-refractivity contribution is 7.99. The first-order chi connectivity index (χ1) is 8.20. The first kappa shape index (κ1) is 12.9. The monoisotopic (exact) mass is 251 g/mol. The van der Waals surface area contributed by atoms with Gasteiger partial charge < -0.3 is 4.74 Å². The molecule has 0 spiro atoms. The summed E-state index contributed by atoms with van der Waals surface area (Å²) >= 11 is 1.76. The average molecular weight is 251 g/mol. The van der Waals surface area contributed by atoms with Gasteiger partial charge in [0.25, 0.3) is 0 Å². The summed E-state index contributed by atoms with van der Waals surface area (Å²) in [6.07, 6.45) is 4.61. The molecule has 4 atom stereocenters. The van der Waals surface area contributed by atoms with Crippen LogP contribution in [0.3, 0.4) is 0 Å². The van der Waals surface area contributed by atoms with Crippen LogP contribution < -0.4 is 0 Å². The van der Waals surface area contributed by atoms with Gasteiger partial charge in [-0.25, -0.2) is 4.98 Å². The minimum absolute atomic E-state index is 0.256. The van der Waals surface area contributed by atoms with Crippen molar-refractivity contribution in [1.29, 1.82) is 0 Å². The van der Waals surface area contributed by atoms with Crippen LogP contribution in [-0.2, 0) is 4.74 Å². The third-order valence-electron chi connectivity index (χ3n) is 3.43. The second kappa shape index (κ2) is 5.87. The van der Waals surface area contributed by atoms with E-state index in [4.69, 9.17) is 4.74 Å². The molecule has 0 aliphatic carbocycles. The van der Waals surface area contributed by atoms with Crippen molar-refractivity contribution in [2.75, 3.05) is 0 Å². The van der Waals surface area contributed by atoms with Gasteiger partial charge in [0.2, 0.25) is 0 Å². The Hall–Kier alpha value is -0.540. The van der Waals surface area contributed by atoms with Crippen LogP contribution >= 0.6 is 11.8 Å². The van der Waals surface area contributed by atoms with Gasteiger partial charge in [-0.15, -0.1) is 0 Å². The Bertz CT molecular complexity index is 343. The molecule has 1 aromatic rings. The summed E-state index contributed by atoms with van der Waals surface area (Å²) in [7, 11) is 0. The summed E-state index contributed by atoms with van der Waals surface area (Å²) in [5.41, 5.74) is 0.256. The van der Waals surface area contributed by atoms with Gasteiger partial charge in [-0.1, -0.05) is 38.6 Å². The number of nitrogens with zero attached hydrogens (tertiary/aromatic N) is 1. The van der Waals surface area contributed by atoms with E-state index in [9.17, 15) is 0 Å². The highest BCUT2D eigenvalue weighted by atomic mass is 32.2. The number of pyridine rings is 1. The first-order valence-corrected chi connectivity index (χ1v) is 7.31. The molecule has 1 saturated heterocycles. The van der Waals surface area contributed by atoms with Crippen LogP contribution in [0.4, 0.5) is 0 Å². The summed E-state index contributed by atoms with van der Waals surface area (Å²) in [5, 5.41) is 1.06. The van der Waals surface area contributed by atoms with Crippen LogP contribution in [0, 0.1) is 11.8 Å². The van der Waals surface area contributed by atoms with Gasteiger partial charge in [-0.05, 0) is 36.8 Å². The Kier molecular flexibility index (Phi) is 4.46. The lowest BCUT2D eigenvalue weighted by Crippen LogP contribution is -2.37. The van der Waals surface area contributed by atoms with Gasteiger partial charge in [-0.3, -0.25) is 0 Å². The van der Waals surface area contributed by atoms with Crippen LogP contribution in [0.15, 0.2) is 29.4 Å². The van der Waals surface area contributed by atoms with E-state index in [0.717, 1.165) is 11.4 Å². The van der Waals surface area contributed by atoms with E-state index in [1.807, 2.05) is 18.3 Å². The number of hydrogen-bond donors (Lipinski definition) is 0. The van der Waals surface area contributed by atoms with Crippen molar-refractivity contribution in [3.05, 3.63) is 24.4 Å². The molecule has 2 rings (SSSR count). The number of ether oxygens (including phenoxy) is 1. The maximum atomic E-state index is 6.19. The quantitative estimate of drug-likeness (QED) is 0.811. The SMILES string of the molecule is CCC1O[C@@H](Sc2ccccn2)C(C)C[C@H]1C. The second-order valence-electron chi connectivity index (χ2n) is 4.93. The lowest BCUT2D eigenvalue weighted by atomic mass is 9.89. The molecule has 0 aromatic carbocycles. The maximum absolute atomic E-state index is 6.19. The van der Waals surface area contributed by atoms with Gasteiger partial charge >= 0.3 is 0 Å². The molecule has 0 amide bonds. The molecule has 1 aliphatic rings. The minimum Gasteiger partial charge on any atom is -0.363 e. The normalized spacial score (nSPS) is 33.6. The molecule has 1 fully saturated rings. The standard InChI is InChI=1S/C14H21NOS/c1-4-12-10(2)9-11(3)14(16-12)17-13-7-5-6-8-15-13/h5-8,10-12,14H,4,9H2,1-3H3/t10-,11?,12?,14+/m1/s1. The van der Waals surface area contributed by atoms with E-state index in [0.29, 0.717) is 17.9 Å². The van der Waals surface area contributed by atoms with Gasteiger partial charge in [0.1, 0.15) is 5.44 Å². The second-order valence-corrected chi connectivity index (χ2v) is 6.05. The van der Waals surface area contributed by atoms with Gasteiger partial charge in [-0.2, -0.15) is 0 Å². The number of rotatable bonds is 3. The molecule has 0 bridgehead atoms. The van der Waals surface area contributed by atoms with E-state index >= 15 is 0 Å². The molecule has 17 heavy (non-hydrogen) atoms. The number of aromatic nitrogens is 1. The number of thioether (sulfide) groups is 1. The molecule has 0 radical (unpaired) electrons. The topological polar surface area (TPSA) is 22.1 Å². The minimum atomic E-state index is 0.256. The molecule has 2 nitrogen and oxygen atoms in total. The third-order valence-corrected chi connectivity index (χ3v) is 4.72. The van der Waals surface area contributed by atoms with Crippen molar-refractivity contribution < 1.29 is 4.74 Å². The van der Waals surface area contributed by atoms with Crippen LogP contribution in [0.1, 0.15) is 33.6 Å². The molecule has 94 valence electrons. The predicted molar refractivity (Wildman–Crippen MR) is 72.0 cm³/mol. The Labute approximate surface area is 108 Å². The molecule has 2 unspecified atom stereocenters. The highest BCUT2D eigenvalue weighted by Crippen LogP contribution is 2.38. The van der Waals surface area contributed by atoms with E-state index in [-0.39, 0.29) is 5.44 Å². The van der Waals surface area contributed by atoms with E-state index < -0.39 is 0 Å². The van der Waals surface area contributed by atoms with Crippen LogP contribution in [0.25, 0.3) is 0 Å². The molecule has 0 N–H and O–H groups in total. The fourth-order valence-electron chi connectivity index (χ4n) is 2.47. The third kappa shape index (κ3) is 3.23. The average Bonchev–Trinajstić information content (AvgIpc) is 2.34. The van der Waals surface area contributed by atoms with E-state index in [1.54, 1.807) is 11.8 Å². The summed E-state index contributed by atoms with van der Waals surface area (Å²) in [6.45, 7) is 6.79. The molecular weight excluding hydrogens is 230 g/mol. The molecular formula is C14H21NOS. The van der Waals surface area contributed by atoms with Crippen molar-refractivity contribution in [2.24, 2.45) is 11.8 Å². The largest absolute Gasteiger partial charge is 0.363 e.